The van der Waals surface area contributed by atoms with Crippen LogP contribution in [0.25, 0.3) is 11.4 Å². The summed E-state index contributed by atoms with van der Waals surface area (Å²) in [6.45, 7) is 0. The lowest BCUT2D eigenvalue weighted by molar-refractivity contribution is -0.384. The Balaban J connectivity index is 1.95. The highest BCUT2D eigenvalue weighted by molar-refractivity contribution is 5.84. The predicted octanol–water partition coefficient (Wildman–Crippen LogP) is 2.44. The maximum atomic E-state index is 10.8. The molecule has 1 heterocycles. The normalized spacial score (nSPS) is 11.0. The number of hydrogen-bond donors (Lipinski definition) is 1. The minimum absolute atomic E-state index is 0.103. The Kier molecular flexibility index (Phi) is 3.79. The number of nitro groups is 1. The molecule has 0 aliphatic rings. The lowest BCUT2D eigenvalue weighted by Gasteiger charge is -2.01. The Morgan fingerprint density at radius 3 is 2.74 bits per heavy atom. The van der Waals surface area contributed by atoms with Crippen LogP contribution in [0, 0.1) is 10.1 Å². The third-order valence-electron chi connectivity index (χ3n) is 3.11. The number of non-ortho nitro benzene ring substituents is 1. The Bertz CT molecular complexity index is 874. The standard InChI is InChI=1S/C15H11N5O3/c21-14-7-6-13(20(22)23)8-12(14)9-17-19-10-16-18-15(19)11-4-2-1-3-5-11/h1-10,21H/b17-9+. The molecule has 0 atom stereocenters. The Hall–Kier alpha value is -3.55. The summed E-state index contributed by atoms with van der Waals surface area (Å²) in [5, 5.41) is 32.5. The molecule has 0 saturated carbocycles. The maximum absolute atomic E-state index is 10.8. The van der Waals surface area contributed by atoms with Gasteiger partial charge in [-0.25, -0.2) is 0 Å². The van der Waals surface area contributed by atoms with Gasteiger partial charge in [0.1, 0.15) is 12.1 Å². The highest BCUT2D eigenvalue weighted by Crippen LogP contribution is 2.22. The van der Waals surface area contributed by atoms with Gasteiger partial charge in [-0.1, -0.05) is 30.3 Å². The molecule has 114 valence electrons. The lowest BCUT2D eigenvalue weighted by atomic mass is 10.2. The van der Waals surface area contributed by atoms with Gasteiger partial charge in [-0.2, -0.15) is 9.78 Å². The average Bonchev–Trinajstić information content (AvgIpc) is 3.03. The molecule has 3 aromatic rings. The van der Waals surface area contributed by atoms with Crippen molar-refractivity contribution < 1.29 is 10.0 Å². The number of nitrogens with zero attached hydrogens (tertiary/aromatic N) is 5. The summed E-state index contributed by atoms with van der Waals surface area (Å²) in [6.07, 6.45) is 2.73. The van der Waals surface area contributed by atoms with Crippen LogP contribution in [-0.4, -0.2) is 31.1 Å². The monoisotopic (exact) mass is 309 g/mol. The van der Waals surface area contributed by atoms with Crippen molar-refractivity contribution in [1.29, 1.82) is 0 Å². The van der Waals surface area contributed by atoms with Crippen LogP contribution in [0.5, 0.6) is 5.75 Å². The number of rotatable bonds is 4. The van der Waals surface area contributed by atoms with Crippen LogP contribution in [0.3, 0.4) is 0 Å². The second-order valence-corrected chi connectivity index (χ2v) is 4.61. The molecular formula is C15H11N5O3. The fourth-order valence-electron chi connectivity index (χ4n) is 1.97. The van der Waals surface area contributed by atoms with E-state index in [0.29, 0.717) is 5.82 Å². The van der Waals surface area contributed by atoms with Crippen LogP contribution in [0.1, 0.15) is 5.56 Å². The van der Waals surface area contributed by atoms with Crippen LogP contribution >= 0.6 is 0 Å². The summed E-state index contributed by atoms with van der Waals surface area (Å²) < 4.78 is 1.42. The fourth-order valence-corrected chi connectivity index (χ4v) is 1.97. The first-order valence-corrected chi connectivity index (χ1v) is 6.62. The van der Waals surface area contributed by atoms with Crippen molar-refractivity contribution in [2.45, 2.75) is 0 Å². The number of hydrogen-bond acceptors (Lipinski definition) is 6. The van der Waals surface area contributed by atoms with Crippen molar-refractivity contribution in [3.05, 3.63) is 70.5 Å². The molecule has 0 amide bonds. The molecule has 0 spiro atoms. The SMILES string of the molecule is O=[N+]([O-])c1ccc(O)c(/C=N/n2cnnc2-c2ccccc2)c1. The summed E-state index contributed by atoms with van der Waals surface area (Å²) in [5.41, 5.74) is 0.925. The van der Waals surface area contributed by atoms with Crippen molar-refractivity contribution in [3.8, 4) is 17.1 Å². The molecule has 0 saturated heterocycles. The molecular weight excluding hydrogens is 298 g/mol. The van der Waals surface area contributed by atoms with E-state index in [4.69, 9.17) is 0 Å². The minimum Gasteiger partial charge on any atom is -0.507 e. The molecule has 3 rings (SSSR count). The minimum atomic E-state index is -0.537. The van der Waals surface area contributed by atoms with Gasteiger partial charge in [0, 0.05) is 23.3 Å². The van der Waals surface area contributed by atoms with Gasteiger partial charge in [0.15, 0.2) is 5.82 Å². The van der Waals surface area contributed by atoms with Crippen LogP contribution in [0.15, 0.2) is 60.0 Å². The zero-order valence-corrected chi connectivity index (χ0v) is 11.8. The van der Waals surface area contributed by atoms with E-state index in [1.807, 2.05) is 30.3 Å². The molecule has 0 radical (unpaired) electrons. The third-order valence-corrected chi connectivity index (χ3v) is 3.11. The summed E-state index contributed by atoms with van der Waals surface area (Å²) in [5.74, 6) is 0.417. The zero-order valence-electron chi connectivity index (χ0n) is 11.8. The maximum Gasteiger partial charge on any atom is 0.270 e. The highest BCUT2D eigenvalue weighted by atomic mass is 16.6. The van der Waals surface area contributed by atoms with Crippen molar-refractivity contribution in [3.63, 3.8) is 0 Å². The van der Waals surface area contributed by atoms with Gasteiger partial charge in [-0.05, 0) is 6.07 Å². The first-order chi connectivity index (χ1) is 11.1. The van der Waals surface area contributed by atoms with E-state index in [-0.39, 0.29) is 17.0 Å². The molecule has 8 heteroatoms. The van der Waals surface area contributed by atoms with Crippen LogP contribution in [0.4, 0.5) is 5.69 Å². The Morgan fingerprint density at radius 1 is 1.22 bits per heavy atom. The molecule has 0 aliphatic carbocycles. The van der Waals surface area contributed by atoms with Crippen LogP contribution < -0.4 is 0 Å². The summed E-state index contributed by atoms with van der Waals surface area (Å²) >= 11 is 0. The number of aromatic nitrogens is 3. The molecule has 1 N–H and O–H groups in total. The summed E-state index contributed by atoms with van der Waals surface area (Å²) in [6, 6.07) is 13.1. The third kappa shape index (κ3) is 3.05. The molecule has 2 aromatic carbocycles. The highest BCUT2D eigenvalue weighted by Gasteiger charge is 2.10. The van der Waals surface area contributed by atoms with Crippen molar-refractivity contribution in [2.24, 2.45) is 5.10 Å². The van der Waals surface area contributed by atoms with Gasteiger partial charge >= 0.3 is 0 Å². The largest absolute Gasteiger partial charge is 0.507 e. The van der Waals surface area contributed by atoms with E-state index in [1.165, 1.54) is 35.4 Å². The summed E-state index contributed by atoms with van der Waals surface area (Å²) in [4.78, 5) is 10.3. The topological polar surface area (TPSA) is 106 Å². The fraction of sp³-hybridized carbons (Fsp3) is 0. The number of phenolic OH excluding ortho intramolecular Hbond substituents is 1. The van der Waals surface area contributed by atoms with Gasteiger partial charge in [0.25, 0.3) is 5.69 Å². The smallest absolute Gasteiger partial charge is 0.270 e. The first kappa shape index (κ1) is 14.4. The lowest BCUT2D eigenvalue weighted by Crippen LogP contribution is -1.95. The molecule has 0 bridgehead atoms. The van der Waals surface area contributed by atoms with Crippen molar-refractivity contribution in [2.75, 3.05) is 0 Å². The average molecular weight is 309 g/mol. The van der Waals surface area contributed by atoms with E-state index >= 15 is 0 Å². The number of aromatic hydroxyl groups is 1. The molecule has 0 fully saturated rings. The van der Waals surface area contributed by atoms with E-state index in [1.54, 1.807) is 0 Å². The van der Waals surface area contributed by atoms with E-state index in [9.17, 15) is 15.2 Å². The second kappa shape index (κ2) is 6.06. The van der Waals surface area contributed by atoms with Crippen LogP contribution in [-0.2, 0) is 0 Å². The van der Waals surface area contributed by atoms with Crippen molar-refractivity contribution >= 4 is 11.9 Å². The van der Waals surface area contributed by atoms with Gasteiger partial charge in [0.2, 0.25) is 0 Å². The number of benzene rings is 2. The second-order valence-electron chi connectivity index (χ2n) is 4.61. The van der Waals surface area contributed by atoms with Crippen LogP contribution in [0.2, 0.25) is 0 Å². The van der Waals surface area contributed by atoms with E-state index in [2.05, 4.69) is 15.3 Å². The van der Waals surface area contributed by atoms with Gasteiger partial charge in [0.05, 0.1) is 11.1 Å². The molecule has 1 aromatic heterocycles. The number of phenols is 1. The predicted molar refractivity (Wildman–Crippen MR) is 83.2 cm³/mol. The number of nitro benzene ring substituents is 1. The summed E-state index contributed by atoms with van der Waals surface area (Å²) in [7, 11) is 0. The van der Waals surface area contributed by atoms with Crippen molar-refractivity contribution in [1.82, 2.24) is 14.9 Å². The molecule has 0 unspecified atom stereocenters. The Morgan fingerprint density at radius 2 is 2.00 bits per heavy atom. The van der Waals surface area contributed by atoms with Gasteiger partial charge < -0.3 is 5.11 Å². The quantitative estimate of drug-likeness (QED) is 0.452. The van der Waals surface area contributed by atoms with Gasteiger partial charge in [-0.15, -0.1) is 10.2 Å². The zero-order chi connectivity index (χ0) is 16.2. The van der Waals surface area contributed by atoms with E-state index in [0.717, 1.165) is 5.56 Å². The molecule has 8 nitrogen and oxygen atoms in total. The van der Waals surface area contributed by atoms with E-state index < -0.39 is 4.92 Å². The van der Waals surface area contributed by atoms with Gasteiger partial charge in [-0.3, -0.25) is 10.1 Å². The Labute approximate surface area is 130 Å². The first-order valence-electron chi connectivity index (χ1n) is 6.62. The molecule has 23 heavy (non-hydrogen) atoms. The molecule has 0 aliphatic heterocycles.